The molecule has 0 aromatic heterocycles. The van der Waals surface area contributed by atoms with Gasteiger partial charge in [-0.2, -0.15) is 0 Å². The molecule has 0 unspecified atom stereocenters. The number of ether oxygens (including phenoxy) is 1. The lowest BCUT2D eigenvalue weighted by molar-refractivity contribution is 0.0834. The Hall–Kier alpha value is -1.69. The molecule has 1 aromatic rings. The Morgan fingerprint density at radius 2 is 2.00 bits per heavy atom. The Kier molecular flexibility index (Phi) is 4.19. The van der Waals surface area contributed by atoms with Gasteiger partial charge in [-0.3, -0.25) is 0 Å². The van der Waals surface area contributed by atoms with Crippen LogP contribution >= 0.6 is 0 Å². The number of primary amides is 1. The molecule has 88 valence electrons. The third kappa shape index (κ3) is 2.90. The first kappa shape index (κ1) is 12.4. The molecule has 0 spiro atoms. The van der Waals surface area contributed by atoms with E-state index in [1.54, 1.807) is 0 Å². The van der Waals surface area contributed by atoms with Crippen LogP contribution in [0.5, 0.6) is 0 Å². The first-order valence-electron chi connectivity index (χ1n) is 4.57. The molecule has 0 saturated heterocycles. The summed E-state index contributed by atoms with van der Waals surface area (Å²) in [7, 11) is 0. The quantitative estimate of drug-likeness (QED) is 0.824. The number of halogens is 2. The highest BCUT2D eigenvalue weighted by Gasteiger charge is 2.22. The summed E-state index contributed by atoms with van der Waals surface area (Å²) in [5.74, 6) is -1.69. The standard InChI is InChI=1S/C10H11F2NO3/c11-6-2-1-3-7(12)9(6)8(4-5-14)16-10(13)15/h1-3,8,14H,4-5H2,(H2,13,15)/t8-/m0/s1. The van der Waals surface area contributed by atoms with Crippen molar-refractivity contribution in [1.29, 1.82) is 0 Å². The SMILES string of the molecule is NC(=O)O[C@@H](CCO)c1c(F)cccc1F. The van der Waals surface area contributed by atoms with Crippen LogP contribution in [0, 0.1) is 11.6 Å². The lowest BCUT2D eigenvalue weighted by Crippen LogP contribution is -2.20. The number of nitrogens with two attached hydrogens (primary N) is 1. The maximum Gasteiger partial charge on any atom is 0.405 e. The minimum absolute atomic E-state index is 0.124. The molecule has 0 bridgehead atoms. The Bertz CT molecular complexity index is 364. The fourth-order valence-corrected chi connectivity index (χ4v) is 1.34. The Labute approximate surface area is 90.6 Å². The third-order valence-corrected chi connectivity index (χ3v) is 1.97. The van der Waals surface area contributed by atoms with Crippen molar-refractivity contribution in [3.8, 4) is 0 Å². The monoisotopic (exact) mass is 231 g/mol. The molecule has 1 amide bonds. The van der Waals surface area contributed by atoms with Crippen LogP contribution in [0.4, 0.5) is 13.6 Å². The molecule has 0 aliphatic heterocycles. The molecule has 0 aliphatic carbocycles. The zero-order valence-corrected chi connectivity index (χ0v) is 8.32. The van der Waals surface area contributed by atoms with Crippen molar-refractivity contribution in [3.63, 3.8) is 0 Å². The fraction of sp³-hybridized carbons (Fsp3) is 0.300. The number of hydrogen-bond donors (Lipinski definition) is 2. The van der Waals surface area contributed by atoms with Gasteiger partial charge in [0.1, 0.15) is 17.7 Å². The van der Waals surface area contributed by atoms with E-state index in [9.17, 15) is 13.6 Å². The largest absolute Gasteiger partial charge is 0.441 e. The van der Waals surface area contributed by atoms with Crippen LogP contribution in [-0.2, 0) is 4.74 Å². The summed E-state index contributed by atoms with van der Waals surface area (Å²) in [4.78, 5) is 10.6. The van der Waals surface area contributed by atoms with Gasteiger partial charge in [0.25, 0.3) is 0 Å². The third-order valence-electron chi connectivity index (χ3n) is 1.97. The summed E-state index contributed by atoms with van der Waals surface area (Å²) >= 11 is 0. The van der Waals surface area contributed by atoms with Gasteiger partial charge in [-0.1, -0.05) is 6.07 Å². The van der Waals surface area contributed by atoms with Crippen molar-refractivity contribution < 1.29 is 23.4 Å². The van der Waals surface area contributed by atoms with Crippen LogP contribution in [0.2, 0.25) is 0 Å². The maximum atomic E-state index is 13.3. The van der Waals surface area contributed by atoms with E-state index in [1.165, 1.54) is 6.07 Å². The normalized spacial score (nSPS) is 12.2. The van der Waals surface area contributed by atoms with Crippen molar-refractivity contribution in [3.05, 3.63) is 35.4 Å². The van der Waals surface area contributed by atoms with Gasteiger partial charge in [0.05, 0.1) is 5.56 Å². The van der Waals surface area contributed by atoms with E-state index in [-0.39, 0.29) is 13.0 Å². The van der Waals surface area contributed by atoms with E-state index in [0.29, 0.717) is 0 Å². The van der Waals surface area contributed by atoms with Gasteiger partial charge in [-0.25, -0.2) is 13.6 Å². The number of benzene rings is 1. The minimum atomic E-state index is -1.22. The molecule has 3 N–H and O–H groups in total. The smallest absolute Gasteiger partial charge is 0.405 e. The van der Waals surface area contributed by atoms with Gasteiger partial charge in [0.2, 0.25) is 0 Å². The minimum Gasteiger partial charge on any atom is -0.441 e. The van der Waals surface area contributed by atoms with Crippen LogP contribution in [-0.4, -0.2) is 17.8 Å². The van der Waals surface area contributed by atoms with Gasteiger partial charge < -0.3 is 15.6 Å². The molecule has 1 rings (SSSR count). The number of carbonyl (C=O) groups is 1. The molecule has 1 aromatic carbocycles. The van der Waals surface area contributed by atoms with Gasteiger partial charge in [-0.15, -0.1) is 0 Å². The van der Waals surface area contributed by atoms with Crippen molar-refractivity contribution in [2.75, 3.05) is 6.61 Å². The van der Waals surface area contributed by atoms with Crippen molar-refractivity contribution in [1.82, 2.24) is 0 Å². The first-order valence-corrected chi connectivity index (χ1v) is 4.57. The number of aliphatic hydroxyl groups excluding tert-OH is 1. The van der Waals surface area contributed by atoms with Gasteiger partial charge in [0, 0.05) is 13.0 Å². The zero-order chi connectivity index (χ0) is 12.1. The average Bonchev–Trinajstić information content (AvgIpc) is 2.16. The number of rotatable bonds is 4. The van der Waals surface area contributed by atoms with E-state index in [2.05, 4.69) is 4.74 Å². The molecular formula is C10H11F2NO3. The highest BCUT2D eigenvalue weighted by atomic mass is 19.1. The predicted molar refractivity (Wildman–Crippen MR) is 51.5 cm³/mol. The number of amides is 1. The summed E-state index contributed by atoms with van der Waals surface area (Å²) in [6.07, 6.45) is -2.49. The van der Waals surface area contributed by atoms with Crippen LogP contribution in [0.25, 0.3) is 0 Å². The number of hydrogen-bond acceptors (Lipinski definition) is 3. The van der Waals surface area contributed by atoms with Crippen molar-refractivity contribution in [2.45, 2.75) is 12.5 Å². The van der Waals surface area contributed by atoms with Crippen molar-refractivity contribution in [2.24, 2.45) is 5.73 Å². The van der Waals surface area contributed by atoms with E-state index in [4.69, 9.17) is 10.8 Å². The molecule has 16 heavy (non-hydrogen) atoms. The number of aliphatic hydroxyl groups is 1. The average molecular weight is 231 g/mol. The Morgan fingerprint density at radius 1 is 1.44 bits per heavy atom. The predicted octanol–water partition coefficient (Wildman–Crippen LogP) is 1.48. The molecule has 0 aliphatic rings. The molecular weight excluding hydrogens is 220 g/mol. The molecule has 6 heteroatoms. The van der Waals surface area contributed by atoms with Crippen LogP contribution in [0.1, 0.15) is 18.1 Å². The molecule has 0 saturated carbocycles. The second kappa shape index (κ2) is 5.41. The summed E-state index contributed by atoms with van der Waals surface area (Å²) in [5.41, 5.74) is 4.37. The summed E-state index contributed by atoms with van der Waals surface area (Å²) in [6, 6.07) is 3.26. The molecule has 0 fully saturated rings. The topological polar surface area (TPSA) is 72.6 Å². The highest BCUT2D eigenvalue weighted by molar-refractivity contribution is 5.65. The van der Waals surface area contributed by atoms with E-state index < -0.39 is 29.4 Å². The van der Waals surface area contributed by atoms with Crippen molar-refractivity contribution >= 4 is 6.09 Å². The second-order valence-electron chi connectivity index (χ2n) is 3.07. The molecule has 0 radical (unpaired) electrons. The molecule has 0 heterocycles. The molecule has 4 nitrogen and oxygen atoms in total. The van der Waals surface area contributed by atoms with E-state index in [0.717, 1.165) is 12.1 Å². The van der Waals surface area contributed by atoms with Crippen LogP contribution < -0.4 is 5.73 Å². The molecule has 1 atom stereocenters. The number of carbonyl (C=O) groups excluding carboxylic acids is 1. The fourth-order valence-electron chi connectivity index (χ4n) is 1.34. The van der Waals surface area contributed by atoms with Gasteiger partial charge in [-0.05, 0) is 12.1 Å². The summed E-state index contributed by atoms with van der Waals surface area (Å²) in [6.45, 7) is -0.383. The zero-order valence-electron chi connectivity index (χ0n) is 8.32. The lowest BCUT2D eigenvalue weighted by atomic mass is 10.1. The maximum absolute atomic E-state index is 13.3. The van der Waals surface area contributed by atoms with Crippen LogP contribution in [0.15, 0.2) is 18.2 Å². The Morgan fingerprint density at radius 3 is 2.44 bits per heavy atom. The van der Waals surface area contributed by atoms with Gasteiger partial charge in [0.15, 0.2) is 0 Å². The summed E-state index contributed by atoms with van der Waals surface area (Å²) in [5, 5.41) is 8.72. The summed E-state index contributed by atoms with van der Waals surface area (Å²) < 4.78 is 31.2. The Balaban J connectivity index is 3.04. The van der Waals surface area contributed by atoms with E-state index >= 15 is 0 Å². The highest BCUT2D eigenvalue weighted by Crippen LogP contribution is 2.26. The van der Waals surface area contributed by atoms with Gasteiger partial charge >= 0.3 is 6.09 Å². The lowest BCUT2D eigenvalue weighted by Gasteiger charge is -2.17. The first-order chi connectivity index (χ1) is 7.56. The van der Waals surface area contributed by atoms with Crippen LogP contribution in [0.3, 0.4) is 0 Å². The van der Waals surface area contributed by atoms with E-state index in [1.807, 2.05) is 0 Å². The second-order valence-corrected chi connectivity index (χ2v) is 3.07.